The number of allylic oxidation sites excluding steroid dienone is 1. The highest BCUT2D eigenvalue weighted by Crippen LogP contribution is 2.46. The molecule has 0 bridgehead atoms. The van der Waals surface area contributed by atoms with Crippen molar-refractivity contribution in [3.63, 3.8) is 0 Å². The molecule has 214 valence electrons. The Morgan fingerprint density at radius 1 is 1.10 bits per heavy atom. The lowest BCUT2D eigenvalue weighted by Crippen LogP contribution is -2.42. The molecule has 0 aliphatic carbocycles. The zero-order valence-electron chi connectivity index (χ0n) is 23.3. The molecule has 0 unspecified atom stereocenters. The van der Waals surface area contributed by atoms with Crippen molar-refractivity contribution in [2.24, 2.45) is 10.9 Å². The predicted octanol–water partition coefficient (Wildman–Crippen LogP) is 4.20. The molecule has 0 spiro atoms. The van der Waals surface area contributed by atoms with Gasteiger partial charge in [0, 0.05) is 24.9 Å². The Hall–Kier alpha value is -3.73. The Morgan fingerprint density at radius 3 is 2.38 bits per heavy atom. The molecule has 4 rings (SSSR count). The lowest BCUT2D eigenvalue weighted by Gasteiger charge is -2.37. The Morgan fingerprint density at radius 2 is 1.77 bits per heavy atom. The summed E-state index contributed by atoms with van der Waals surface area (Å²) in [7, 11) is 3.13. The second-order valence-corrected chi connectivity index (χ2v) is 10.3. The largest absolute Gasteiger partial charge is 0.497 e. The number of ether oxygens (including phenoxy) is 4. The number of nitrogens with zero attached hydrogens (tertiary/aromatic N) is 3. The highest BCUT2D eigenvalue weighted by molar-refractivity contribution is 8.16. The van der Waals surface area contributed by atoms with E-state index >= 15 is 0 Å². The smallest absolute Gasteiger partial charge is 0.338 e. The maximum Gasteiger partial charge on any atom is 0.338 e. The van der Waals surface area contributed by atoms with E-state index in [2.05, 4.69) is 6.58 Å². The average molecular weight is 570 g/mol. The fraction of sp³-hybridized carbons (Fsp3) is 0.448. The minimum Gasteiger partial charge on any atom is -0.497 e. The van der Waals surface area contributed by atoms with E-state index < -0.39 is 12.0 Å². The van der Waals surface area contributed by atoms with Crippen molar-refractivity contribution in [1.29, 1.82) is 0 Å². The van der Waals surface area contributed by atoms with Crippen LogP contribution in [0, 0.1) is 5.92 Å². The molecule has 40 heavy (non-hydrogen) atoms. The van der Waals surface area contributed by atoms with Gasteiger partial charge in [0.25, 0.3) is 0 Å². The molecule has 11 heteroatoms. The Balaban J connectivity index is 1.62. The summed E-state index contributed by atoms with van der Waals surface area (Å²) in [5.74, 6) is 0.166. The van der Waals surface area contributed by atoms with Crippen LogP contribution in [0.25, 0.3) is 0 Å². The second kappa shape index (κ2) is 13.1. The topological polar surface area (TPSA) is 107 Å². The summed E-state index contributed by atoms with van der Waals surface area (Å²) in [6, 6.07) is 4.81. The number of methoxy groups -OCH3 is 2. The van der Waals surface area contributed by atoms with Crippen LogP contribution in [0.15, 0.2) is 58.2 Å². The number of hydrogen-bond donors (Lipinski definition) is 0. The van der Waals surface area contributed by atoms with E-state index in [1.807, 2.05) is 22.4 Å². The van der Waals surface area contributed by atoms with Gasteiger partial charge in [-0.2, -0.15) is 0 Å². The normalized spacial score (nSPS) is 18.9. The molecular weight excluding hydrogens is 534 g/mol. The van der Waals surface area contributed by atoms with Gasteiger partial charge in [-0.15, -0.1) is 0 Å². The van der Waals surface area contributed by atoms with E-state index in [0.29, 0.717) is 60.5 Å². The van der Waals surface area contributed by atoms with Crippen LogP contribution >= 0.6 is 11.8 Å². The maximum absolute atomic E-state index is 13.4. The fourth-order valence-electron chi connectivity index (χ4n) is 5.04. The lowest BCUT2D eigenvalue weighted by molar-refractivity contribution is -0.151. The van der Waals surface area contributed by atoms with Gasteiger partial charge in [0.05, 0.1) is 50.5 Å². The molecule has 1 amide bonds. The quantitative estimate of drug-likeness (QED) is 0.303. The highest BCUT2D eigenvalue weighted by Gasteiger charge is 2.42. The third kappa shape index (κ3) is 6.19. The molecule has 0 N–H and O–H groups in total. The van der Waals surface area contributed by atoms with Gasteiger partial charge in [-0.1, -0.05) is 24.4 Å². The minimum absolute atomic E-state index is 0.0536. The van der Waals surface area contributed by atoms with Crippen molar-refractivity contribution < 1.29 is 33.3 Å². The second-order valence-electron chi connectivity index (χ2n) is 9.51. The molecule has 0 radical (unpaired) electrons. The first-order valence-electron chi connectivity index (χ1n) is 13.2. The zero-order chi connectivity index (χ0) is 28.8. The first-order valence-corrected chi connectivity index (χ1v) is 14.1. The molecule has 0 aromatic heterocycles. The van der Waals surface area contributed by atoms with Crippen molar-refractivity contribution in [2.75, 3.05) is 40.5 Å². The molecule has 1 aromatic carbocycles. The van der Waals surface area contributed by atoms with Crippen molar-refractivity contribution in [3.05, 3.63) is 58.8 Å². The van der Waals surface area contributed by atoms with Crippen LogP contribution in [0.5, 0.6) is 11.5 Å². The van der Waals surface area contributed by atoms with Gasteiger partial charge in [0.2, 0.25) is 5.91 Å². The van der Waals surface area contributed by atoms with Crippen LogP contribution in [0.3, 0.4) is 0 Å². The SMILES string of the molecule is C=CCOC(=O)C1=C(C)N=C2SC=C(CC(=O)N3CCC(C(=O)OCC)CC3)N2[C@H]1c1cc(OC)cc(OC)c1. The summed E-state index contributed by atoms with van der Waals surface area (Å²) in [6.07, 6.45) is 2.77. The van der Waals surface area contributed by atoms with Gasteiger partial charge >= 0.3 is 11.9 Å². The standard InChI is InChI=1S/C29H35N3O7S/c1-6-12-39-28(35)25-18(3)30-29-32(26(25)20-13-22(36-4)16-23(14-20)37-5)21(17-40-29)15-24(33)31-10-8-19(9-11-31)27(34)38-7-2/h6,13-14,16-17,19,26H,1,7-12,15H2,2-5H3/t26-/m0/s1. The number of amides is 1. The van der Waals surface area contributed by atoms with Crippen molar-refractivity contribution >= 4 is 34.8 Å². The van der Waals surface area contributed by atoms with Crippen LogP contribution in [0.1, 0.15) is 44.7 Å². The third-order valence-electron chi connectivity index (χ3n) is 7.04. The number of esters is 2. The number of benzene rings is 1. The monoisotopic (exact) mass is 569 g/mol. The first kappa shape index (κ1) is 29.3. The molecule has 3 aliphatic heterocycles. The molecule has 3 heterocycles. The lowest BCUT2D eigenvalue weighted by atomic mass is 9.93. The summed E-state index contributed by atoms with van der Waals surface area (Å²) in [4.78, 5) is 47.3. The van der Waals surface area contributed by atoms with Gasteiger partial charge in [0.15, 0.2) is 5.17 Å². The Kier molecular flexibility index (Phi) is 9.57. The van der Waals surface area contributed by atoms with Gasteiger partial charge in [-0.3, -0.25) is 9.59 Å². The number of likely N-dealkylation sites (tertiary alicyclic amines) is 1. The number of fused-ring (bicyclic) bond motifs is 1. The van der Waals surface area contributed by atoms with E-state index in [4.69, 9.17) is 23.9 Å². The predicted molar refractivity (Wildman–Crippen MR) is 152 cm³/mol. The van der Waals surface area contributed by atoms with Crippen molar-refractivity contribution in [3.8, 4) is 11.5 Å². The number of aliphatic imine (C=N–C) groups is 1. The molecule has 1 atom stereocenters. The Labute approximate surface area is 238 Å². The molecule has 1 saturated heterocycles. The summed E-state index contributed by atoms with van der Waals surface area (Å²) >= 11 is 1.40. The Bertz CT molecular complexity index is 1240. The van der Waals surface area contributed by atoms with Crippen LogP contribution < -0.4 is 9.47 Å². The van der Waals surface area contributed by atoms with E-state index in [0.717, 1.165) is 11.3 Å². The molecule has 3 aliphatic rings. The van der Waals surface area contributed by atoms with E-state index in [-0.39, 0.29) is 30.8 Å². The van der Waals surface area contributed by atoms with Crippen LogP contribution in [-0.4, -0.2) is 73.3 Å². The number of thioether (sulfide) groups is 1. The fourth-order valence-corrected chi connectivity index (χ4v) is 6.00. The molecule has 0 saturated carbocycles. The van der Waals surface area contributed by atoms with Gasteiger partial charge < -0.3 is 28.7 Å². The molecule has 1 aromatic rings. The van der Waals surface area contributed by atoms with Gasteiger partial charge in [-0.05, 0) is 49.8 Å². The summed E-state index contributed by atoms with van der Waals surface area (Å²) in [5, 5.41) is 2.56. The number of amidine groups is 1. The summed E-state index contributed by atoms with van der Waals surface area (Å²) in [5.41, 5.74) is 2.33. The number of piperidine rings is 1. The van der Waals surface area contributed by atoms with E-state index in [1.54, 1.807) is 39.0 Å². The summed E-state index contributed by atoms with van der Waals surface area (Å²) < 4.78 is 21.6. The number of carbonyl (C=O) groups is 3. The number of carbonyl (C=O) groups excluding carboxylic acids is 3. The van der Waals surface area contributed by atoms with Crippen LogP contribution in [0.2, 0.25) is 0 Å². The van der Waals surface area contributed by atoms with Gasteiger partial charge in [0.1, 0.15) is 18.1 Å². The molecule has 10 nitrogen and oxygen atoms in total. The minimum atomic E-state index is -0.627. The van der Waals surface area contributed by atoms with Crippen LogP contribution in [0.4, 0.5) is 0 Å². The zero-order valence-corrected chi connectivity index (χ0v) is 24.1. The van der Waals surface area contributed by atoms with Gasteiger partial charge in [-0.25, -0.2) is 9.79 Å². The molecule has 1 fully saturated rings. The van der Waals surface area contributed by atoms with E-state index in [1.165, 1.54) is 17.8 Å². The van der Waals surface area contributed by atoms with E-state index in [9.17, 15) is 14.4 Å². The van der Waals surface area contributed by atoms with Crippen LogP contribution in [-0.2, 0) is 23.9 Å². The summed E-state index contributed by atoms with van der Waals surface area (Å²) in [6.45, 7) is 8.58. The van der Waals surface area contributed by atoms with Crippen molar-refractivity contribution in [1.82, 2.24) is 9.80 Å². The number of hydrogen-bond acceptors (Lipinski definition) is 10. The third-order valence-corrected chi connectivity index (χ3v) is 7.93. The highest BCUT2D eigenvalue weighted by atomic mass is 32.2. The molecular formula is C29H35N3O7S. The van der Waals surface area contributed by atoms with Crippen molar-refractivity contribution in [2.45, 2.75) is 39.2 Å². The maximum atomic E-state index is 13.4. The first-order chi connectivity index (χ1) is 19.3. The number of rotatable bonds is 10. The average Bonchev–Trinajstić information content (AvgIpc) is 3.36.